The Kier molecular flexibility index (Phi) is 6.65. The number of aliphatic hydroxyl groups excluding tert-OH is 1. The molecule has 1 aliphatic rings. The molecule has 4 rings (SSSR count). The highest BCUT2D eigenvalue weighted by Crippen LogP contribution is 2.42. The number of amides is 1. The zero-order chi connectivity index (χ0) is 25.3. The number of nitrogens with zero attached hydrogens (tertiary/aromatic N) is 2. The van der Waals surface area contributed by atoms with Crippen molar-refractivity contribution in [2.24, 2.45) is 0 Å². The minimum Gasteiger partial charge on any atom is -0.507 e. The predicted octanol–water partition coefficient (Wildman–Crippen LogP) is 5.47. The van der Waals surface area contributed by atoms with E-state index in [-0.39, 0.29) is 17.4 Å². The highest BCUT2D eigenvalue weighted by molar-refractivity contribution is 6.51. The summed E-state index contributed by atoms with van der Waals surface area (Å²) in [6.45, 7) is 5.79. The normalized spacial score (nSPS) is 17.2. The zero-order valence-electron chi connectivity index (χ0n) is 20.6. The Morgan fingerprint density at radius 2 is 1.63 bits per heavy atom. The van der Waals surface area contributed by atoms with E-state index >= 15 is 0 Å². The third-order valence-electron chi connectivity index (χ3n) is 5.96. The van der Waals surface area contributed by atoms with Gasteiger partial charge in [0.05, 0.1) is 17.7 Å². The van der Waals surface area contributed by atoms with Gasteiger partial charge in [-0.15, -0.1) is 0 Å². The SMILES string of the molecule is Cc1ccc(N2C(=O)C(=O)/C(=C(\O)c3cccc(OC(C)C)c3)C2c2ccc(N(C)C)cc2)cc1. The number of carbonyl (C=O) groups is 2. The average molecular weight is 471 g/mol. The van der Waals surface area contributed by atoms with Crippen molar-refractivity contribution in [1.82, 2.24) is 0 Å². The molecule has 6 nitrogen and oxygen atoms in total. The fourth-order valence-electron chi connectivity index (χ4n) is 4.22. The Morgan fingerprint density at radius 1 is 0.971 bits per heavy atom. The van der Waals surface area contributed by atoms with Crippen molar-refractivity contribution < 1.29 is 19.4 Å². The second-order valence-corrected chi connectivity index (χ2v) is 9.19. The number of hydrogen-bond donors (Lipinski definition) is 1. The van der Waals surface area contributed by atoms with Crippen LogP contribution < -0.4 is 14.5 Å². The molecule has 0 aromatic heterocycles. The molecule has 1 unspecified atom stereocenters. The van der Waals surface area contributed by atoms with Crippen LogP contribution >= 0.6 is 0 Å². The maximum absolute atomic E-state index is 13.3. The van der Waals surface area contributed by atoms with Gasteiger partial charge < -0.3 is 14.7 Å². The molecular formula is C29H30N2O4. The van der Waals surface area contributed by atoms with Gasteiger partial charge in [-0.25, -0.2) is 0 Å². The van der Waals surface area contributed by atoms with Crippen LogP contribution in [0.15, 0.2) is 78.4 Å². The van der Waals surface area contributed by atoms with Crippen LogP contribution in [0.25, 0.3) is 5.76 Å². The minimum absolute atomic E-state index is 0.0466. The molecule has 1 amide bonds. The van der Waals surface area contributed by atoms with Crippen LogP contribution in [0.5, 0.6) is 5.75 Å². The van der Waals surface area contributed by atoms with Gasteiger partial charge in [0.15, 0.2) is 0 Å². The Morgan fingerprint density at radius 3 is 2.23 bits per heavy atom. The maximum Gasteiger partial charge on any atom is 0.300 e. The third kappa shape index (κ3) is 4.78. The van der Waals surface area contributed by atoms with Crippen molar-refractivity contribution in [1.29, 1.82) is 0 Å². The lowest BCUT2D eigenvalue weighted by atomic mass is 9.94. The monoisotopic (exact) mass is 470 g/mol. The van der Waals surface area contributed by atoms with Gasteiger partial charge in [0.25, 0.3) is 11.7 Å². The van der Waals surface area contributed by atoms with E-state index in [9.17, 15) is 14.7 Å². The summed E-state index contributed by atoms with van der Waals surface area (Å²) >= 11 is 0. The summed E-state index contributed by atoms with van der Waals surface area (Å²) in [5.74, 6) is -1.05. The molecule has 0 spiro atoms. The molecule has 0 radical (unpaired) electrons. The van der Waals surface area contributed by atoms with Crippen molar-refractivity contribution in [3.63, 3.8) is 0 Å². The van der Waals surface area contributed by atoms with Gasteiger partial charge in [-0.3, -0.25) is 14.5 Å². The highest BCUT2D eigenvalue weighted by Gasteiger charge is 2.47. The first kappa shape index (κ1) is 24.1. The molecule has 0 saturated carbocycles. The first-order chi connectivity index (χ1) is 16.7. The summed E-state index contributed by atoms with van der Waals surface area (Å²) < 4.78 is 5.76. The van der Waals surface area contributed by atoms with Crippen LogP contribution in [-0.2, 0) is 9.59 Å². The quantitative estimate of drug-likeness (QED) is 0.294. The zero-order valence-corrected chi connectivity index (χ0v) is 20.6. The fraction of sp³-hybridized carbons (Fsp3) is 0.241. The Labute approximate surface area is 206 Å². The topological polar surface area (TPSA) is 70.1 Å². The molecule has 3 aromatic rings. The van der Waals surface area contributed by atoms with Crippen molar-refractivity contribution in [3.05, 3.63) is 95.1 Å². The number of aryl methyl sites for hydroxylation is 1. The van der Waals surface area contributed by atoms with Crippen LogP contribution in [0.4, 0.5) is 11.4 Å². The second kappa shape index (κ2) is 9.66. The molecule has 35 heavy (non-hydrogen) atoms. The summed E-state index contributed by atoms with van der Waals surface area (Å²) in [6.07, 6.45) is -0.0466. The lowest BCUT2D eigenvalue weighted by Crippen LogP contribution is -2.29. The van der Waals surface area contributed by atoms with Crippen LogP contribution in [-0.4, -0.2) is 37.0 Å². The first-order valence-corrected chi connectivity index (χ1v) is 11.6. The summed E-state index contributed by atoms with van der Waals surface area (Å²) in [5.41, 5.74) is 3.82. The van der Waals surface area contributed by atoms with Crippen molar-refractivity contribution in [2.75, 3.05) is 23.9 Å². The number of aliphatic hydroxyl groups is 1. The summed E-state index contributed by atoms with van der Waals surface area (Å²) in [4.78, 5) is 30.1. The number of ketones is 1. The molecule has 1 aliphatic heterocycles. The minimum atomic E-state index is -0.774. The number of anilines is 2. The van der Waals surface area contributed by atoms with Crippen LogP contribution in [0.3, 0.4) is 0 Å². The van der Waals surface area contributed by atoms with E-state index in [4.69, 9.17) is 4.74 Å². The highest BCUT2D eigenvalue weighted by atomic mass is 16.5. The van der Waals surface area contributed by atoms with E-state index in [2.05, 4.69) is 0 Å². The smallest absolute Gasteiger partial charge is 0.300 e. The number of benzene rings is 3. The summed E-state index contributed by atoms with van der Waals surface area (Å²) in [5, 5.41) is 11.4. The van der Waals surface area contributed by atoms with E-state index < -0.39 is 17.7 Å². The van der Waals surface area contributed by atoms with Gasteiger partial charge in [0, 0.05) is 31.0 Å². The molecule has 1 heterocycles. The van der Waals surface area contributed by atoms with Crippen molar-refractivity contribution in [3.8, 4) is 5.75 Å². The lowest BCUT2D eigenvalue weighted by molar-refractivity contribution is -0.132. The number of hydrogen-bond acceptors (Lipinski definition) is 5. The van der Waals surface area contributed by atoms with Crippen molar-refractivity contribution in [2.45, 2.75) is 32.9 Å². The molecule has 180 valence electrons. The molecule has 3 aromatic carbocycles. The molecule has 0 aliphatic carbocycles. The second-order valence-electron chi connectivity index (χ2n) is 9.19. The molecule has 0 bridgehead atoms. The maximum atomic E-state index is 13.3. The number of carbonyl (C=O) groups excluding carboxylic acids is 2. The lowest BCUT2D eigenvalue weighted by Gasteiger charge is -2.26. The predicted molar refractivity (Wildman–Crippen MR) is 139 cm³/mol. The van der Waals surface area contributed by atoms with E-state index in [0.717, 1.165) is 16.8 Å². The van der Waals surface area contributed by atoms with E-state index in [0.29, 0.717) is 17.0 Å². The molecule has 1 fully saturated rings. The Balaban J connectivity index is 1.89. The third-order valence-corrected chi connectivity index (χ3v) is 5.96. The molecule has 1 N–H and O–H groups in total. The molecular weight excluding hydrogens is 440 g/mol. The van der Waals surface area contributed by atoms with Crippen LogP contribution in [0, 0.1) is 6.92 Å². The molecule has 6 heteroatoms. The Bertz CT molecular complexity index is 1270. The number of Topliss-reactive ketones (excluding diaryl/α,β-unsaturated/α-hetero) is 1. The van der Waals surface area contributed by atoms with Gasteiger partial charge >= 0.3 is 0 Å². The van der Waals surface area contributed by atoms with Gasteiger partial charge in [-0.1, -0.05) is 42.0 Å². The van der Waals surface area contributed by atoms with E-state index in [1.54, 1.807) is 24.3 Å². The van der Waals surface area contributed by atoms with Gasteiger partial charge in [-0.2, -0.15) is 0 Å². The molecule has 1 saturated heterocycles. The van der Waals surface area contributed by atoms with Crippen LogP contribution in [0.2, 0.25) is 0 Å². The number of rotatable bonds is 6. The van der Waals surface area contributed by atoms with E-state index in [1.807, 2.05) is 88.3 Å². The van der Waals surface area contributed by atoms with Gasteiger partial charge in [0.2, 0.25) is 0 Å². The average Bonchev–Trinajstić information content (AvgIpc) is 3.09. The van der Waals surface area contributed by atoms with E-state index in [1.165, 1.54) is 4.90 Å². The first-order valence-electron chi connectivity index (χ1n) is 11.6. The van der Waals surface area contributed by atoms with Gasteiger partial charge in [-0.05, 0) is 62.7 Å². The Hall–Kier alpha value is -4.06. The molecule has 1 atom stereocenters. The number of ether oxygens (including phenoxy) is 1. The van der Waals surface area contributed by atoms with Gasteiger partial charge in [0.1, 0.15) is 11.5 Å². The fourth-order valence-corrected chi connectivity index (χ4v) is 4.22. The van der Waals surface area contributed by atoms with Crippen molar-refractivity contribution >= 4 is 28.8 Å². The van der Waals surface area contributed by atoms with Crippen LogP contribution in [0.1, 0.15) is 36.6 Å². The summed E-state index contributed by atoms with van der Waals surface area (Å²) in [6, 6.07) is 21.2. The standard InChI is InChI=1S/C29H30N2O4/c1-18(2)35-24-8-6-7-21(17-24)27(32)25-26(20-11-15-22(16-12-20)30(4)5)31(29(34)28(25)33)23-13-9-19(3)10-14-23/h6-18,26,32H,1-5H3/b27-25-. The largest absolute Gasteiger partial charge is 0.507 e. The summed E-state index contributed by atoms with van der Waals surface area (Å²) in [7, 11) is 3.89.